The van der Waals surface area contributed by atoms with Gasteiger partial charge in [0.25, 0.3) is 0 Å². The SMILES string of the molecule is CN(CC#N)C(=O)C1CSCN1C(=O)C1CCCC1. The Labute approximate surface area is 117 Å². The van der Waals surface area contributed by atoms with Gasteiger partial charge in [-0.25, -0.2) is 0 Å². The summed E-state index contributed by atoms with van der Waals surface area (Å²) >= 11 is 1.62. The smallest absolute Gasteiger partial charge is 0.246 e. The number of nitrogens with zero attached hydrogens (tertiary/aromatic N) is 3. The van der Waals surface area contributed by atoms with Gasteiger partial charge in [-0.3, -0.25) is 9.59 Å². The largest absolute Gasteiger partial charge is 0.331 e. The molecule has 6 heteroatoms. The van der Waals surface area contributed by atoms with Gasteiger partial charge in [0.15, 0.2) is 0 Å². The predicted molar refractivity (Wildman–Crippen MR) is 73.2 cm³/mol. The Hall–Kier alpha value is -1.22. The molecule has 1 unspecified atom stereocenters. The average Bonchev–Trinajstić information content (AvgIpc) is 3.08. The van der Waals surface area contributed by atoms with Crippen LogP contribution < -0.4 is 0 Å². The average molecular weight is 281 g/mol. The lowest BCUT2D eigenvalue weighted by atomic mass is 10.1. The maximum Gasteiger partial charge on any atom is 0.246 e. The van der Waals surface area contributed by atoms with Crippen LogP contribution in [0.2, 0.25) is 0 Å². The van der Waals surface area contributed by atoms with Crippen molar-refractivity contribution in [1.29, 1.82) is 5.26 Å². The molecule has 104 valence electrons. The van der Waals surface area contributed by atoms with Crippen molar-refractivity contribution in [2.45, 2.75) is 31.7 Å². The fourth-order valence-electron chi connectivity index (χ4n) is 2.71. The molecule has 0 aromatic carbocycles. The minimum Gasteiger partial charge on any atom is -0.331 e. The van der Waals surface area contributed by atoms with Crippen molar-refractivity contribution in [1.82, 2.24) is 9.80 Å². The highest BCUT2D eigenvalue weighted by Crippen LogP contribution is 2.31. The molecule has 0 radical (unpaired) electrons. The highest BCUT2D eigenvalue weighted by Gasteiger charge is 2.39. The molecule has 2 amide bonds. The van der Waals surface area contributed by atoms with Crippen LogP contribution in [0.1, 0.15) is 25.7 Å². The molecule has 0 bridgehead atoms. The van der Waals surface area contributed by atoms with Gasteiger partial charge >= 0.3 is 0 Å². The Morgan fingerprint density at radius 2 is 2.11 bits per heavy atom. The van der Waals surface area contributed by atoms with E-state index in [1.165, 1.54) is 4.90 Å². The number of thioether (sulfide) groups is 1. The van der Waals surface area contributed by atoms with Crippen molar-refractivity contribution in [3.8, 4) is 6.07 Å². The molecule has 0 aromatic heterocycles. The van der Waals surface area contributed by atoms with Crippen LogP contribution in [0.5, 0.6) is 0 Å². The first kappa shape index (κ1) is 14.2. The van der Waals surface area contributed by atoms with E-state index in [-0.39, 0.29) is 30.3 Å². The molecule has 0 N–H and O–H groups in total. The van der Waals surface area contributed by atoms with E-state index in [1.54, 1.807) is 23.7 Å². The van der Waals surface area contributed by atoms with E-state index in [9.17, 15) is 9.59 Å². The third-order valence-corrected chi connectivity index (χ3v) is 4.85. The lowest BCUT2D eigenvalue weighted by Gasteiger charge is -2.28. The van der Waals surface area contributed by atoms with Crippen LogP contribution >= 0.6 is 11.8 Å². The van der Waals surface area contributed by atoms with Crippen LogP contribution in [0.3, 0.4) is 0 Å². The van der Waals surface area contributed by atoms with Gasteiger partial charge in [-0.15, -0.1) is 11.8 Å². The van der Waals surface area contributed by atoms with Crippen LogP contribution in [0.4, 0.5) is 0 Å². The van der Waals surface area contributed by atoms with Gasteiger partial charge in [-0.1, -0.05) is 12.8 Å². The number of likely N-dealkylation sites (N-methyl/N-ethyl adjacent to an activating group) is 1. The van der Waals surface area contributed by atoms with E-state index in [2.05, 4.69) is 0 Å². The standard InChI is InChI=1S/C13H19N3O2S/c1-15(7-6-14)13(18)11-8-19-9-16(11)12(17)10-4-2-3-5-10/h10-11H,2-5,7-9H2,1H3. The molecule has 1 aliphatic heterocycles. The van der Waals surface area contributed by atoms with Crippen LogP contribution in [0, 0.1) is 17.2 Å². The lowest BCUT2D eigenvalue weighted by Crippen LogP contribution is -2.49. The fourth-order valence-corrected chi connectivity index (χ4v) is 3.87. The summed E-state index contributed by atoms with van der Waals surface area (Å²) in [6.07, 6.45) is 4.14. The molecule has 1 saturated heterocycles. The van der Waals surface area contributed by atoms with E-state index in [0.29, 0.717) is 11.6 Å². The van der Waals surface area contributed by atoms with Gasteiger partial charge in [0.05, 0.1) is 11.9 Å². The third-order valence-electron chi connectivity index (χ3n) is 3.84. The molecule has 2 rings (SSSR count). The Morgan fingerprint density at radius 1 is 1.42 bits per heavy atom. The topological polar surface area (TPSA) is 64.4 Å². The van der Waals surface area contributed by atoms with Gasteiger partial charge in [-0.2, -0.15) is 5.26 Å². The second-order valence-electron chi connectivity index (χ2n) is 5.16. The maximum absolute atomic E-state index is 12.4. The number of hydrogen-bond donors (Lipinski definition) is 0. The minimum atomic E-state index is -0.378. The molecule has 1 saturated carbocycles. The first-order valence-corrected chi connectivity index (χ1v) is 7.80. The molecule has 1 atom stereocenters. The van der Waals surface area contributed by atoms with Crippen molar-refractivity contribution >= 4 is 23.6 Å². The predicted octanol–water partition coefficient (Wildman–Crippen LogP) is 1.06. The number of carbonyl (C=O) groups excluding carboxylic acids is 2. The van der Waals surface area contributed by atoms with E-state index in [0.717, 1.165) is 25.7 Å². The van der Waals surface area contributed by atoms with Crippen LogP contribution in [0.25, 0.3) is 0 Å². The summed E-state index contributed by atoms with van der Waals surface area (Å²) in [6.45, 7) is 0.0749. The van der Waals surface area contributed by atoms with Gasteiger partial charge < -0.3 is 9.80 Å². The summed E-state index contributed by atoms with van der Waals surface area (Å²) in [6, 6.07) is 1.59. The molecule has 2 fully saturated rings. The molecule has 2 aliphatic rings. The number of carbonyl (C=O) groups is 2. The van der Waals surface area contributed by atoms with Crippen molar-refractivity contribution in [2.75, 3.05) is 25.2 Å². The minimum absolute atomic E-state index is 0.0749. The summed E-state index contributed by atoms with van der Waals surface area (Å²) in [7, 11) is 1.62. The summed E-state index contributed by atoms with van der Waals surface area (Å²) in [5, 5.41) is 8.65. The van der Waals surface area contributed by atoms with Crippen LogP contribution in [-0.2, 0) is 9.59 Å². The zero-order valence-corrected chi connectivity index (χ0v) is 12.0. The van der Waals surface area contributed by atoms with Crippen LogP contribution in [0.15, 0.2) is 0 Å². The Balaban J connectivity index is 2.02. The first-order chi connectivity index (χ1) is 9.15. The molecule has 5 nitrogen and oxygen atoms in total. The highest BCUT2D eigenvalue weighted by atomic mass is 32.2. The van der Waals surface area contributed by atoms with Crippen molar-refractivity contribution < 1.29 is 9.59 Å². The molecule has 19 heavy (non-hydrogen) atoms. The molecule has 0 spiro atoms. The van der Waals surface area contributed by atoms with Crippen LogP contribution in [-0.4, -0.2) is 52.9 Å². The van der Waals surface area contributed by atoms with Gasteiger partial charge in [0.1, 0.15) is 12.6 Å². The van der Waals surface area contributed by atoms with Crippen molar-refractivity contribution in [3.05, 3.63) is 0 Å². The number of amides is 2. The Morgan fingerprint density at radius 3 is 2.74 bits per heavy atom. The normalized spacial score (nSPS) is 23.4. The summed E-state index contributed by atoms with van der Waals surface area (Å²) in [5.74, 6) is 1.37. The summed E-state index contributed by atoms with van der Waals surface area (Å²) < 4.78 is 0. The number of hydrogen-bond acceptors (Lipinski definition) is 4. The fraction of sp³-hybridized carbons (Fsp3) is 0.769. The quantitative estimate of drug-likeness (QED) is 0.726. The zero-order chi connectivity index (χ0) is 13.8. The first-order valence-electron chi connectivity index (χ1n) is 6.65. The molecule has 0 aromatic rings. The van der Waals surface area contributed by atoms with Crippen molar-refractivity contribution in [2.24, 2.45) is 5.92 Å². The number of nitriles is 1. The monoisotopic (exact) mass is 281 g/mol. The van der Waals surface area contributed by atoms with Gasteiger partial charge in [0, 0.05) is 18.7 Å². The Kier molecular flexibility index (Phi) is 4.70. The van der Waals surface area contributed by atoms with E-state index < -0.39 is 0 Å². The molecular formula is C13H19N3O2S. The molecule has 1 aliphatic carbocycles. The van der Waals surface area contributed by atoms with Crippen molar-refractivity contribution in [3.63, 3.8) is 0 Å². The van der Waals surface area contributed by atoms with Gasteiger partial charge in [0.2, 0.25) is 11.8 Å². The Bertz CT molecular complexity index is 401. The van der Waals surface area contributed by atoms with E-state index in [4.69, 9.17) is 5.26 Å². The molecule has 1 heterocycles. The summed E-state index contributed by atoms with van der Waals surface area (Å²) in [4.78, 5) is 27.8. The summed E-state index contributed by atoms with van der Waals surface area (Å²) in [5.41, 5.74) is 0. The maximum atomic E-state index is 12.4. The van der Waals surface area contributed by atoms with E-state index >= 15 is 0 Å². The van der Waals surface area contributed by atoms with Gasteiger partial charge in [-0.05, 0) is 12.8 Å². The lowest BCUT2D eigenvalue weighted by molar-refractivity contribution is -0.144. The molecular weight excluding hydrogens is 262 g/mol. The number of rotatable bonds is 3. The third kappa shape index (κ3) is 3.03. The highest BCUT2D eigenvalue weighted by molar-refractivity contribution is 7.99. The van der Waals surface area contributed by atoms with E-state index in [1.807, 2.05) is 6.07 Å². The zero-order valence-electron chi connectivity index (χ0n) is 11.2. The second kappa shape index (κ2) is 6.29. The second-order valence-corrected chi connectivity index (χ2v) is 6.16.